The maximum absolute atomic E-state index is 12.3. The molecule has 0 atom stereocenters. The van der Waals surface area contributed by atoms with E-state index >= 15 is 0 Å². The lowest BCUT2D eigenvalue weighted by Crippen LogP contribution is -2.38. The Balaban J connectivity index is 2.08. The minimum Gasteiger partial charge on any atom is -0.398 e. The Bertz CT molecular complexity index is 439. The fraction of sp³-hybridized carbons (Fsp3) is 0.500. The maximum Gasteiger partial charge on any atom is 0.255 e. The fourth-order valence-electron chi connectivity index (χ4n) is 2.44. The highest BCUT2D eigenvalue weighted by atomic mass is 35.5. The molecule has 1 amide bonds. The van der Waals surface area contributed by atoms with Crippen LogP contribution < -0.4 is 5.73 Å². The molecule has 0 spiro atoms. The summed E-state index contributed by atoms with van der Waals surface area (Å²) in [6.45, 7) is 3.87. The van der Waals surface area contributed by atoms with Crippen LogP contribution in [0.15, 0.2) is 18.2 Å². The van der Waals surface area contributed by atoms with Gasteiger partial charge in [-0.15, -0.1) is 0 Å². The van der Waals surface area contributed by atoms with Crippen LogP contribution in [0.4, 0.5) is 5.69 Å². The van der Waals surface area contributed by atoms with Gasteiger partial charge < -0.3 is 10.6 Å². The zero-order chi connectivity index (χ0) is 13.1. The minimum absolute atomic E-state index is 0.0266. The molecule has 1 aliphatic rings. The molecule has 1 aromatic rings. The monoisotopic (exact) mass is 266 g/mol. The quantitative estimate of drug-likeness (QED) is 0.836. The molecular weight excluding hydrogens is 248 g/mol. The van der Waals surface area contributed by atoms with Gasteiger partial charge in [-0.1, -0.05) is 24.9 Å². The Morgan fingerprint density at radius 2 is 2.11 bits per heavy atom. The predicted octanol–water partition coefficient (Wildman–Crippen LogP) is 3.18. The van der Waals surface area contributed by atoms with E-state index in [1.807, 2.05) is 4.90 Å². The number of nitrogen functional groups attached to an aromatic ring is 1. The van der Waals surface area contributed by atoms with Crippen molar-refractivity contribution in [2.45, 2.75) is 26.2 Å². The van der Waals surface area contributed by atoms with Gasteiger partial charge >= 0.3 is 0 Å². The number of hydrogen-bond acceptors (Lipinski definition) is 2. The Morgan fingerprint density at radius 1 is 1.44 bits per heavy atom. The number of carbonyl (C=O) groups excluding carboxylic acids is 1. The first-order valence-electron chi connectivity index (χ1n) is 6.46. The van der Waals surface area contributed by atoms with Gasteiger partial charge in [0.1, 0.15) is 0 Å². The van der Waals surface area contributed by atoms with Crippen molar-refractivity contribution in [2.75, 3.05) is 18.8 Å². The molecule has 4 heteroatoms. The van der Waals surface area contributed by atoms with Crippen LogP contribution in [0.3, 0.4) is 0 Å². The van der Waals surface area contributed by atoms with Crippen molar-refractivity contribution in [3.05, 3.63) is 28.8 Å². The standard InChI is InChI=1S/C14H19ClN2O/c1-2-10-5-7-17(8-6-10)14(18)12-4-3-11(15)9-13(12)16/h3-4,9-10H,2,5-8,16H2,1H3. The van der Waals surface area contributed by atoms with E-state index in [1.54, 1.807) is 18.2 Å². The van der Waals surface area contributed by atoms with E-state index in [1.165, 1.54) is 6.42 Å². The number of nitrogens with two attached hydrogens (primary N) is 1. The molecule has 18 heavy (non-hydrogen) atoms. The van der Waals surface area contributed by atoms with Crippen LogP contribution in [0.5, 0.6) is 0 Å². The van der Waals surface area contributed by atoms with E-state index in [0.717, 1.165) is 31.8 Å². The van der Waals surface area contributed by atoms with E-state index < -0.39 is 0 Å². The molecule has 0 radical (unpaired) electrons. The number of anilines is 1. The average Bonchev–Trinajstić information content (AvgIpc) is 2.38. The fourth-order valence-corrected chi connectivity index (χ4v) is 2.62. The van der Waals surface area contributed by atoms with Crippen molar-refractivity contribution in [1.29, 1.82) is 0 Å². The summed E-state index contributed by atoms with van der Waals surface area (Å²) in [5.41, 5.74) is 6.88. The van der Waals surface area contributed by atoms with E-state index in [4.69, 9.17) is 17.3 Å². The molecule has 1 aliphatic heterocycles. The SMILES string of the molecule is CCC1CCN(C(=O)c2ccc(Cl)cc2N)CC1. The molecule has 98 valence electrons. The van der Waals surface area contributed by atoms with Crippen molar-refractivity contribution in [1.82, 2.24) is 4.90 Å². The first kappa shape index (κ1) is 13.2. The lowest BCUT2D eigenvalue weighted by molar-refractivity contribution is 0.0690. The van der Waals surface area contributed by atoms with Crippen LogP contribution in [0, 0.1) is 5.92 Å². The van der Waals surface area contributed by atoms with Crippen molar-refractivity contribution in [3.63, 3.8) is 0 Å². The summed E-state index contributed by atoms with van der Waals surface area (Å²) in [6.07, 6.45) is 3.39. The van der Waals surface area contributed by atoms with Crippen LogP contribution >= 0.6 is 11.6 Å². The van der Waals surface area contributed by atoms with Crippen molar-refractivity contribution >= 4 is 23.2 Å². The second kappa shape index (κ2) is 5.61. The van der Waals surface area contributed by atoms with Crippen molar-refractivity contribution in [2.24, 2.45) is 5.92 Å². The molecule has 0 bridgehead atoms. The Morgan fingerprint density at radius 3 is 2.67 bits per heavy atom. The molecule has 0 unspecified atom stereocenters. The number of benzene rings is 1. The lowest BCUT2D eigenvalue weighted by atomic mass is 9.94. The van der Waals surface area contributed by atoms with Gasteiger partial charge in [-0.3, -0.25) is 4.79 Å². The third-order valence-corrected chi connectivity index (χ3v) is 3.96. The molecule has 2 N–H and O–H groups in total. The smallest absolute Gasteiger partial charge is 0.255 e. The molecule has 0 aromatic heterocycles. The number of piperidine rings is 1. The molecule has 1 heterocycles. The van der Waals surface area contributed by atoms with Crippen LogP contribution in [-0.2, 0) is 0 Å². The number of halogens is 1. The number of nitrogens with zero attached hydrogens (tertiary/aromatic N) is 1. The van der Waals surface area contributed by atoms with E-state index in [-0.39, 0.29) is 5.91 Å². The van der Waals surface area contributed by atoms with Crippen LogP contribution in [0.2, 0.25) is 5.02 Å². The van der Waals surface area contributed by atoms with Gasteiger partial charge in [0.2, 0.25) is 0 Å². The molecule has 2 rings (SSSR count). The van der Waals surface area contributed by atoms with Crippen molar-refractivity contribution < 1.29 is 4.79 Å². The van der Waals surface area contributed by atoms with Gasteiger partial charge in [-0.25, -0.2) is 0 Å². The molecule has 3 nitrogen and oxygen atoms in total. The first-order chi connectivity index (χ1) is 8.61. The molecule has 1 aromatic carbocycles. The van der Waals surface area contributed by atoms with Crippen molar-refractivity contribution in [3.8, 4) is 0 Å². The summed E-state index contributed by atoms with van der Waals surface area (Å²) in [5.74, 6) is 0.787. The summed E-state index contributed by atoms with van der Waals surface area (Å²) < 4.78 is 0. The van der Waals surface area contributed by atoms with Crippen LogP contribution in [0.25, 0.3) is 0 Å². The summed E-state index contributed by atoms with van der Waals surface area (Å²) in [6, 6.07) is 5.06. The lowest BCUT2D eigenvalue weighted by Gasteiger charge is -2.31. The van der Waals surface area contributed by atoms with E-state index in [9.17, 15) is 4.79 Å². The molecule has 1 saturated heterocycles. The number of hydrogen-bond donors (Lipinski definition) is 1. The Kier molecular flexibility index (Phi) is 4.12. The highest BCUT2D eigenvalue weighted by molar-refractivity contribution is 6.31. The molecule has 1 fully saturated rings. The summed E-state index contributed by atoms with van der Waals surface area (Å²) in [5, 5.41) is 0.564. The van der Waals surface area contributed by atoms with Crippen LogP contribution in [0.1, 0.15) is 36.5 Å². The molecule has 0 aliphatic carbocycles. The predicted molar refractivity (Wildman–Crippen MR) is 74.8 cm³/mol. The topological polar surface area (TPSA) is 46.3 Å². The second-order valence-electron chi connectivity index (χ2n) is 4.88. The van der Waals surface area contributed by atoms with Gasteiger partial charge in [0.25, 0.3) is 5.91 Å². The molecular formula is C14H19ClN2O. The first-order valence-corrected chi connectivity index (χ1v) is 6.84. The van der Waals surface area contributed by atoms with Gasteiger partial charge in [-0.05, 0) is 37.0 Å². The molecule has 0 saturated carbocycles. The number of amides is 1. The minimum atomic E-state index is 0.0266. The third kappa shape index (κ3) is 2.78. The van der Waals surface area contributed by atoms with Gasteiger partial charge in [0.05, 0.1) is 5.56 Å². The highest BCUT2D eigenvalue weighted by Gasteiger charge is 2.23. The zero-order valence-electron chi connectivity index (χ0n) is 10.7. The normalized spacial score (nSPS) is 16.9. The maximum atomic E-state index is 12.3. The van der Waals surface area contributed by atoms with Gasteiger partial charge in [0.15, 0.2) is 0 Å². The van der Waals surface area contributed by atoms with E-state index in [0.29, 0.717) is 16.3 Å². The summed E-state index contributed by atoms with van der Waals surface area (Å²) >= 11 is 5.84. The Labute approximate surface area is 113 Å². The van der Waals surface area contributed by atoms with Crippen LogP contribution in [-0.4, -0.2) is 23.9 Å². The number of likely N-dealkylation sites (tertiary alicyclic amines) is 1. The Hall–Kier alpha value is -1.22. The number of rotatable bonds is 2. The largest absolute Gasteiger partial charge is 0.398 e. The van der Waals surface area contributed by atoms with E-state index in [2.05, 4.69) is 6.92 Å². The third-order valence-electron chi connectivity index (χ3n) is 3.72. The zero-order valence-corrected chi connectivity index (χ0v) is 11.4. The number of carbonyl (C=O) groups is 1. The summed E-state index contributed by atoms with van der Waals surface area (Å²) in [7, 11) is 0. The second-order valence-corrected chi connectivity index (χ2v) is 5.31. The van der Waals surface area contributed by atoms with Gasteiger partial charge in [0, 0.05) is 23.8 Å². The van der Waals surface area contributed by atoms with Gasteiger partial charge in [-0.2, -0.15) is 0 Å². The summed E-state index contributed by atoms with van der Waals surface area (Å²) in [4.78, 5) is 14.2. The highest BCUT2D eigenvalue weighted by Crippen LogP contribution is 2.24. The average molecular weight is 267 g/mol.